The highest BCUT2D eigenvalue weighted by Crippen LogP contribution is 2.33. The van der Waals surface area contributed by atoms with Gasteiger partial charge in [-0.2, -0.15) is 5.10 Å². The highest BCUT2D eigenvalue weighted by molar-refractivity contribution is 7.13. The quantitative estimate of drug-likeness (QED) is 0.292. The van der Waals surface area contributed by atoms with Crippen LogP contribution in [0.2, 0.25) is 0 Å². The lowest BCUT2D eigenvalue weighted by atomic mass is 10.1. The molecule has 1 amide bonds. The van der Waals surface area contributed by atoms with Crippen LogP contribution in [0.3, 0.4) is 0 Å². The van der Waals surface area contributed by atoms with Gasteiger partial charge in [-0.25, -0.2) is 4.98 Å². The number of carbonyl (C=O) groups is 1. The minimum absolute atomic E-state index is 0.0340. The molecule has 0 aliphatic rings. The molecule has 0 bridgehead atoms. The Kier molecular flexibility index (Phi) is 5.27. The maximum atomic E-state index is 12.0. The topological polar surface area (TPSA) is 125 Å². The second-order valence-corrected chi connectivity index (χ2v) is 9.04. The zero-order valence-corrected chi connectivity index (χ0v) is 19.6. The molecule has 6 aromatic rings. The number of hydrogen-bond donors (Lipinski definition) is 3. The first-order valence-corrected chi connectivity index (χ1v) is 12.0. The molecule has 35 heavy (non-hydrogen) atoms. The van der Waals surface area contributed by atoms with Crippen molar-refractivity contribution in [3.05, 3.63) is 60.6 Å². The summed E-state index contributed by atoms with van der Waals surface area (Å²) in [4.78, 5) is 34.6. The van der Waals surface area contributed by atoms with E-state index in [0.717, 1.165) is 50.1 Å². The van der Waals surface area contributed by atoms with Gasteiger partial charge in [-0.3, -0.25) is 24.8 Å². The van der Waals surface area contributed by atoms with E-state index in [-0.39, 0.29) is 5.91 Å². The molecule has 0 spiro atoms. The zero-order valence-electron chi connectivity index (χ0n) is 18.7. The second-order valence-electron chi connectivity index (χ2n) is 8.09. The largest absolute Gasteiger partial charge is 0.335 e. The van der Waals surface area contributed by atoms with Crippen LogP contribution in [0.4, 0.5) is 5.69 Å². The van der Waals surface area contributed by atoms with E-state index in [1.807, 2.05) is 36.7 Å². The molecule has 6 aromatic heterocycles. The number of hydrogen-bond acceptors (Lipinski definition) is 7. The van der Waals surface area contributed by atoms with Crippen LogP contribution in [0.5, 0.6) is 0 Å². The number of aromatic amines is 2. The molecule has 9 nitrogen and oxygen atoms in total. The maximum absolute atomic E-state index is 12.0. The van der Waals surface area contributed by atoms with Crippen LogP contribution in [0, 0.1) is 0 Å². The van der Waals surface area contributed by atoms with Crippen molar-refractivity contribution in [1.29, 1.82) is 0 Å². The zero-order chi connectivity index (χ0) is 23.8. The molecule has 0 radical (unpaired) electrons. The predicted octanol–water partition coefficient (Wildman–Crippen LogP) is 5.43. The Labute approximate surface area is 203 Å². The van der Waals surface area contributed by atoms with Crippen molar-refractivity contribution >= 4 is 44.9 Å². The highest BCUT2D eigenvalue weighted by Gasteiger charge is 2.17. The van der Waals surface area contributed by atoms with E-state index in [4.69, 9.17) is 4.98 Å². The third-order valence-electron chi connectivity index (χ3n) is 5.65. The fourth-order valence-electron chi connectivity index (χ4n) is 4.01. The van der Waals surface area contributed by atoms with Gasteiger partial charge in [0, 0.05) is 40.2 Å². The molecule has 3 N–H and O–H groups in total. The molecule has 0 fully saturated rings. The van der Waals surface area contributed by atoms with E-state index < -0.39 is 0 Å². The minimum Gasteiger partial charge on any atom is -0.335 e. The standard InChI is InChI=1S/C25H20N8OS/c1-2-4-22(34)29-15-7-14(9-26-10-15)18-8-16-19(13-28-18)32-33-24(16)25-30-20-12-27-11-17(23(20)31-25)21-5-3-6-35-21/h3,5-13H,2,4H2,1H3,(H,29,34)(H,30,31)(H,32,33). The first-order valence-electron chi connectivity index (χ1n) is 11.2. The van der Waals surface area contributed by atoms with Gasteiger partial charge >= 0.3 is 0 Å². The van der Waals surface area contributed by atoms with Crippen molar-refractivity contribution in [2.45, 2.75) is 19.8 Å². The van der Waals surface area contributed by atoms with Crippen LogP contribution in [-0.2, 0) is 4.79 Å². The molecule has 0 aromatic carbocycles. The van der Waals surface area contributed by atoms with E-state index in [1.165, 1.54) is 0 Å². The number of carbonyl (C=O) groups excluding carboxylic acids is 1. The molecular formula is C25H20N8OS. The number of anilines is 1. The van der Waals surface area contributed by atoms with Crippen molar-refractivity contribution in [3.8, 4) is 33.2 Å². The summed E-state index contributed by atoms with van der Waals surface area (Å²) >= 11 is 1.65. The van der Waals surface area contributed by atoms with Crippen molar-refractivity contribution in [1.82, 2.24) is 35.1 Å². The highest BCUT2D eigenvalue weighted by atomic mass is 32.1. The molecule has 0 atom stereocenters. The van der Waals surface area contributed by atoms with Gasteiger partial charge in [0.1, 0.15) is 11.2 Å². The lowest BCUT2D eigenvalue weighted by molar-refractivity contribution is -0.116. The number of imidazole rings is 1. The predicted molar refractivity (Wildman–Crippen MR) is 137 cm³/mol. The molecule has 0 unspecified atom stereocenters. The van der Waals surface area contributed by atoms with E-state index in [2.05, 4.69) is 41.5 Å². The Hall–Kier alpha value is -4.44. The Morgan fingerprint density at radius 2 is 2.00 bits per heavy atom. The molecular weight excluding hydrogens is 460 g/mol. The third-order valence-corrected chi connectivity index (χ3v) is 6.55. The second kappa shape index (κ2) is 8.73. The SMILES string of the molecule is CCCC(=O)Nc1cncc(-c2cc3c(-c4nc5c(-c6cccs6)cncc5[nH]4)n[nH]c3cn2)c1. The van der Waals surface area contributed by atoms with Gasteiger partial charge in [0.25, 0.3) is 0 Å². The molecule has 10 heteroatoms. The molecule has 0 saturated carbocycles. The number of thiophene rings is 1. The molecule has 6 rings (SSSR count). The molecule has 0 saturated heterocycles. The summed E-state index contributed by atoms with van der Waals surface area (Å²) < 4.78 is 0. The first-order chi connectivity index (χ1) is 17.2. The van der Waals surface area contributed by atoms with Crippen LogP contribution in [-0.4, -0.2) is 41.0 Å². The van der Waals surface area contributed by atoms with Crippen LogP contribution in [0.25, 0.3) is 55.2 Å². The number of aromatic nitrogens is 7. The van der Waals surface area contributed by atoms with E-state index >= 15 is 0 Å². The maximum Gasteiger partial charge on any atom is 0.224 e. The summed E-state index contributed by atoms with van der Waals surface area (Å²) in [5, 5.41) is 13.4. The fraction of sp³-hybridized carbons (Fsp3) is 0.120. The molecule has 0 aliphatic heterocycles. The van der Waals surface area contributed by atoms with Gasteiger partial charge in [0.05, 0.1) is 41.0 Å². The van der Waals surface area contributed by atoms with Gasteiger partial charge in [-0.1, -0.05) is 13.0 Å². The number of nitrogens with zero attached hydrogens (tertiary/aromatic N) is 5. The number of nitrogens with one attached hydrogen (secondary N) is 3. The fourth-order valence-corrected chi connectivity index (χ4v) is 4.75. The number of rotatable bonds is 6. The lowest BCUT2D eigenvalue weighted by Crippen LogP contribution is -2.10. The summed E-state index contributed by atoms with van der Waals surface area (Å²) in [6.07, 6.45) is 9.96. The van der Waals surface area contributed by atoms with E-state index in [9.17, 15) is 4.79 Å². The van der Waals surface area contributed by atoms with E-state index in [1.54, 1.807) is 36.1 Å². The van der Waals surface area contributed by atoms with Gasteiger partial charge in [0.15, 0.2) is 5.82 Å². The number of H-pyrrole nitrogens is 2. The van der Waals surface area contributed by atoms with Crippen LogP contribution >= 0.6 is 11.3 Å². The van der Waals surface area contributed by atoms with Gasteiger partial charge in [0.2, 0.25) is 5.91 Å². The summed E-state index contributed by atoms with van der Waals surface area (Å²) in [5.74, 6) is 0.612. The monoisotopic (exact) mass is 480 g/mol. The third kappa shape index (κ3) is 3.93. The number of pyridine rings is 3. The molecule has 0 aliphatic carbocycles. The van der Waals surface area contributed by atoms with Crippen molar-refractivity contribution < 1.29 is 4.79 Å². The average molecular weight is 481 g/mol. The molecule has 172 valence electrons. The summed E-state index contributed by atoms with van der Waals surface area (Å²) in [7, 11) is 0. The Bertz CT molecular complexity index is 1670. The smallest absolute Gasteiger partial charge is 0.224 e. The molecule has 6 heterocycles. The minimum atomic E-state index is -0.0340. The van der Waals surface area contributed by atoms with Crippen LogP contribution in [0.15, 0.2) is 60.6 Å². The van der Waals surface area contributed by atoms with Gasteiger partial charge in [-0.05, 0) is 30.0 Å². The Morgan fingerprint density at radius 1 is 1.09 bits per heavy atom. The van der Waals surface area contributed by atoms with E-state index in [0.29, 0.717) is 23.6 Å². The number of amides is 1. The first kappa shape index (κ1) is 21.1. The number of fused-ring (bicyclic) bond motifs is 2. The average Bonchev–Trinajstić information content (AvgIpc) is 3.63. The van der Waals surface area contributed by atoms with Gasteiger partial charge < -0.3 is 10.3 Å². The Morgan fingerprint density at radius 3 is 2.86 bits per heavy atom. The van der Waals surface area contributed by atoms with Crippen molar-refractivity contribution in [2.24, 2.45) is 0 Å². The lowest BCUT2D eigenvalue weighted by Gasteiger charge is -2.06. The van der Waals surface area contributed by atoms with Crippen LogP contribution in [0.1, 0.15) is 19.8 Å². The van der Waals surface area contributed by atoms with Crippen molar-refractivity contribution in [2.75, 3.05) is 5.32 Å². The Balaban J connectivity index is 1.40. The summed E-state index contributed by atoms with van der Waals surface area (Å²) in [5.41, 5.74) is 6.31. The van der Waals surface area contributed by atoms with Crippen molar-refractivity contribution in [3.63, 3.8) is 0 Å². The normalized spacial score (nSPS) is 11.3. The summed E-state index contributed by atoms with van der Waals surface area (Å²) in [6, 6.07) is 7.90. The summed E-state index contributed by atoms with van der Waals surface area (Å²) in [6.45, 7) is 1.97. The van der Waals surface area contributed by atoms with Crippen LogP contribution < -0.4 is 5.32 Å². The van der Waals surface area contributed by atoms with Gasteiger partial charge in [-0.15, -0.1) is 11.3 Å².